The maximum absolute atomic E-state index is 13.1. The van der Waals surface area contributed by atoms with Gasteiger partial charge in [0, 0.05) is 17.0 Å². The first-order valence-electron chi connectivity index (χ1n) is 5.04. The molecule has 1 aromatic carbocycles. The van der Waals surface area contributed by atoms with E-state index in [9.17, 15) is 4.39 Å². The molecule has 0 bridgehead atoms. The Kier molecular flexibility index (Phi) is 4.17. The van der Waals surface area contributed by atoms with Crippen molar-refractivity contribution < 1.29 is 4.39 Å². The lowest BCUT2D eigenvalue weighted by atomic mass is 10.1. The quantitative estimate of drug-likeness (QED) is 0.857. The fourth-order valence-corrected chi connectivity index (χ4v) is 2.08. The Balaban J connectivity index is 2.79. The summed E-state index contributed by atoms with van der Waals surface area (Å²) in [5, 5.41) is 0. The molecule has 84 valence electrons. The Morgan fingerprint density at radius 1 is 1.27 bits per heavy atom. The van der Waals surface area contributed by atoms with Gasteiger partial charge in [-0.2, -0.15) is 11.8 Å². The highest BCUT2D eigenvalue weighted by Gasteiger charge is 2.12. The Bertz CT molecular complexity index is 331. The molecular formula is C12H18FNS. The normalized spacial score (nSPS) is 11.8. The average Bonchev–Trinajstić information content (AvgIpc) is 2.14. The molecule has 0 saturated carbocycles. The van der Waals surface area contributed by atoms with Gasteiger partial charge in [-0.3, -0.25) is 0 Å². The van der Waals surface area contributed by atoms with Crippen molar-refractivity contribution >= 4 is 11.8 Å². The van der Waals surface area contributed by atoms with Crippen molar-refractivity contribution in [2.45, 2.75) is 37.8 Å². The smallest absolute Gasteiger partial charge is 0.123 e. The summed E-state index contributed by atoms with van der Waals surface area (Å²) in [4.78, 5) is 0. The molecule has 0 aromatic heterocycles. The molecule has 0 radical (unpaired) electrons. The summed E-state index contributed by atoms with van der Waals surface area (Å²) in [6.07, 6.45) is 0. The van der Waals surface area contributed by atoms with Gasteiger partial charge >= 0.3 is 0 Å². The zero-order valence-electron chi connectivity index (χ0n) is 9.51. The maximum Gasteiger partial charge on any atom is 0.123 e. The van der Waals surface area contributed by atoms with Crippen molar-refractivity contribution in [3.63, 3.8) is 0 Å². The monoisotopic (exact) mass is 227 g/mol. The van der Waals surface area contributed by atoms with E-state index < -0.39 is 0 Å². The zero-order valence-corrected chi connectivity index (χ0v) is 10.3. The Morgan fingerprint density at radius 2 is 1.93 bits per heavy atom. The van der Waals surface area contributed by atoms with Crippen molar-refractivity contribution in [2.75, 3.05) is 0 Å². The molecule has 0 saturated heterocycles. The van der Waals surface area contributed by atoms with Crippen molar-refractivity contribution in [3.05, 3.63) is 35.1 Å². The van der Waals surface area contributed by atoms with Crippen LogP contribution in [0.3, 0.4) is 0 Å². The average molecular weight is 227 g/mol. The minimum absolute atomic E-state index is 0.184. The molecule has 0 fully saturated rings. The van der Waals surface area contributed by atoms with Crippen LogP contribution < -0.4 is 5.73 Å². The molecule has 2 N–H and O–H groups in total. The van der Waals surface area contributed by atoms with Crippen LogP contribution in [0.5, 0.6) is 0 Å². The van der Waals surface area contributed by atoms with Crippen LogP contribution in [0, 0.1) is 5.82 Å². The van der Waals surface area contributed by atoms with Gasteiger partial charge in [-0.05, 0) is 23.3 Å². The second-order valence-corrected chi connectivity index (χ2v) is 6.32. The number of nitrogens with two attached hydrogens (primary N) is 1. The minimum atomic E-state index is -0.184. The predicted octanol–water partition coefficient (Wildman–Crippen LogP) is 3.32. The first-order valence-corrected chi connectivity index (χ1v) is 6.02. The lowest BCUT2D eigenvalue weighted by Crippen LogP contribution is -2.09. The SMILES string of the molecule is CC(C)(C)SCc1cc(F)ccc1CN. The molecular weight excluding hydrogens is 209 g/mol. The number of rotatable bonds is 3. The number of benzene rings is 1. The van der Waals surface area contributed by atoms with Crippen LogP contribution in [-0.4, -0.2) is 4.75 Å². The summed E-state index contributed by atoms with van der Waals surface area (Å²) in [7, 11) is 0. The molecule has 1 rings (SSSR count). The van der Waals surface area contributed by atoms with E-state index in [0.717, 1.165) is 16.9 Å². The molecule has 0 aliphatic heterocycles. The lowest BCUT2D eigenvalue weighted by Gasteiger charge is -2.18. The number of hydrogen-bond donors (Lipinski definition) is 1. The molecule has 0 aliphatic rings. The van der Waals surface area contributed by atoms with Crippen LogP contribution in [0.1, 0.15) is 31.9 Å². The van der Waals surface area contributed by atoms with Gasteiger partial charge in [0.2, 0.25) is 0 Å². The van der Waals surface area contributed by atoms with Crippen LogP contribution in [0.15, 0.2) is 18.2 Å². The largest absolute Gasteiger partial charge is 0.326 e. The van der Waals surface area contributed by atoms with Gasteiger partial charge in [0.15, 0.2) is 0 Å². The summed E-state index contributed by atoms with van der Waals surface area (Å²) >= 11 is 1.80. The second kappa shape index (κ2) is 4.99. The fraction of sp³-hybridized carbons (Fsp3) is 0.500. The predicted molar refractivity (Wildman–Crippen MR) is 65.3 cm³/mol. The Hall–Kier alpha value is -0.540. The molecule has 0 atom stereocenters. The van der Waals surface area contributed by atoms with E-state index in [4.69, 9.17) is 5.73 Å². The lowest BCUT2D eigenvalue weighted by molar-refractivity contribution is 0.625. The van der Waals surface area contributed by atoms with Gasteiger partial charge in [0.25, 0.3) is 0 Å². The molecule has 0 heterocycles. The zero-order chi connectivity index (χ0) is 11.5. The van der Waals surface area contributed by atoms with Crippen molar-refractivity contribution in [1.82, 2.24) is 0 Å². The summed E-state index contributed by atoms with van der Waals surface area (Å²) < 4.78 is 13.2. The number of halogens is 1. The third-order valence-electron chi connectivity index (χ3n) is 2.05. The van der Waals surface area contributed by atoms with E-state index in [2.05, 4.69) is 20.8 Å². The molecule has 0 amide bonds. The highest BCUT2D eigenvalue weighted by Crippen LogP contribution is 2.28. The van der Waals surface area contributed by atoms with E-state index in [0.29, 0.717) is 6.54 Å². The van der Waals surface area contributed by atoms with E-state index in [1.165, 1.54) is 6.07 Å². The third-order valence-corrected chi connectivity index (χ3v) is 3.37. The second-order valence-electron chi connectivity index (χ2n) is 4.52. The molecule has 0 aliphatic carbocycles. The van der Waals surface area contributed by atoms with E-state index in [-0.39, 0.29) is 10.6 Å². The Labute approximate surface area is 95.2 Å². The van der Waals surface area contributed by atoms with Gasteiger partial charge in [0.05, 0.1) is 0 Å². The molecule has 1 aromatic rings. The standard InChI is InChI=1S/C12H18FNS/c1-12(2,3)15-8-10-6-11(13)5-4-9(10)7-14/h4-6H,7-8,14H2,1-3H3. The fourth-order valence-electron chi connectivity index (χ4n) is 1.22. The Morgan fingerprint density at radius 3 is 2.47 bits per heavy atom. The van der Waals surface area contributed by atoms with Crippen LogP contribution in [0.4, 0.5) is 4.39 Å². The summed E-state index contributed by atoms with van der Waals surface area (Å²) in [5.74, 6) is 0.630. The first kappa shape index (κ1) is 12.5. The van der Waals surface area contributed by atoms with Crippen molar-refractivity contribution in [2.24, 2.45) is 5.73 Å². The van der Waals surface area contributed by atoms with Gasteiger partial charge < -0.3 is 5.73 Å². The highest BCUT2D eigenvalue weighted by atomic mass is 32.2. The first-order chi connectivity index (χ1) is 6.92. The van der Waals surface area contributed by atoms with Gasteiger partial charge in [-0.1, -0.05) is 26.8 Å². The number of hydrogen-bond acceptors (Lipinski definition) is 2. The van der Waals surface area contributed by atoms with Crippen LogP contribution in [-0.2, 0) is 12.3 Å². The summed E-state index contributed by atoms with van der Waals surface area (Å²) in [6.45, 7) is 6.93. The molecule has 0 spiro atoms. The van der Waals surface area contributed by atoms with Crippen molar-refractivity contribution in [1.29, 1.82) is 0 Å². The van der Waals surface area contributed by atoms with Crippen LogP contribution >= 0.6 is 11.8 Å². The molecule has 3 heteroatoms. The van der Waals surface area contributed by atoms with Gasteiger partial charge in [-0.15, -0.1) is 0 Å². The third kappa shape index (κ3) is 4.22. The topological polar surface area (TPSA) is 26.0 Å². The summed E-state index contributed by atoms with van der Waals surface area (Å²) in [5.41, 5.74) is 7.66. The summed E-state index contributed by atoms with van der Waals surface area (Å²) in [6, 6.07) is 4.82. The van der Waals surface area contributed by atoms with E-state index in [1.807, 2.05) is 0 Å². The molecule has 1 nitrogen and oxygen atoms in total. The van der Waals surface area contributed by atoms with Crippen LogP contribution in [0.25, 0.3) is 0 Å². The maximum atomic E-state index is 13.1. The van der Waals surface area contributed by atoms with E-state index in [1.54, 1.807) is 23.9 Å². The van der Waals surface area contributed by atoms with Crippen LogP contribution in [0.2, 0.25) is 0 Å². The van der Waals surface area contributed by atoms with E-state index >= 15 is 0 Å². The minimum Gasteiger partial charge on any atom is -0.326 e. The molecule has 15 heavy (non-hydrogen) atoms. The van der Waals surface area contributed by atoms with Gasteiger partial charge in [0.1, 0.15) is 5.82 Å². The number of thioether (sulfide) groups is 1. The highest BCUT2D eigenvalue weighted by molar-refractivity contribution is 7.99. The molecule has 0 unspecified atom stereocenters. The van der Waals surface area contributed by atoms with Gasteiger partial charge in [-0.25, -0.2) is 4.39 Å². The van der Waals surface area contributed by atoms with Crippen molar-refractivity contribution in [3.8, 4) is 0 Å².